The number of hydrogen-bond acceptors (Lipinski definition) is 2. The van der Waals surface area contributed by atoms with Gasteiger partial charge < -0.3 is 9.80 Å². The minimum absolute atomic E-state index is 0.105. The fraction of sp³-hybridized carbons (Fsp3) is 0.257. The quantitative estimate of drug-likeness (QED) is 0.133. The van der Waals surface area contributed by atoms with E-state index in [-0.39, 0.29) is 44.6 Å². The van der Waals surface area contributed by atoms with Gasteiger partial charge in [-0.05, 0) is 209 Å². The van der Waals surface area contributed by atoms with Crippen LogP contribution >= 0.6 is 0 Å². The Morgan fingerprint density at radius 1 is 0.231 bits per heavy atom. The molecule has 108 heavy (non-hydrogen) atoms. The van der Waals surface area contributed by atoms with Crippen molar-refractivity contribution in [2.45, 2.75) is 176 Å². The molecule has 2 nitrogen and oxygen atoms in total. The maximum atomic E-state index is 2.77. The average Bonchev–Trinajstić information content (AvgIpc) is 0.797. The van der Waals surface area contributed by atoms with Gasteiger partial charge in [-0.3, -0.25) is 0 Å². The number of rotatable bonds is 9. The molecule has 0 fully saturated rings. The van der Waals surface area contributed by atoms with Crippen molar-refractivity contribution in [1.82, 2.24) is 0 Å². The third-order valence-electron chi connectivity index (χ3n) is 23.7. The monoisotopic (exact) mass is 1400 g/mol. The number of fused-ring (bicyclic) bond motifs is 7. The number of nitrogens with zero attached hydrogens (tertiary/aromatic N) is 2. The van der Waals surface area contributed by atoms with Crippen molar-refractivity contribution >= 4 is 57.2 Å². The maximum absolute atomic E-state index is 2.77. The van der Waals surface area contributed by atoms with Crippen LogP contribution in [0.15, 0.2) is 273 Å². The van der Waals surface area contributed by atoms with E-state index >= 15 is 0 Å². The third kappa shape index (κ3) is 12.6. The molecule has 0 amide bonds. The first-order chi connectivity index (χ1) is 51.1. The van der Waals surface area contributed by atoms with Crippen LogP contribution in [0.4, 0.5) is 34.1 Å². The second-order valence-electron chi connectivity index (χ2n) is 37.9. The van der Waals surface area contributed by atoms with E-state index in [1.807, 2.05) is 0 Å². The summed E-state index contributed by atoms with van der Waals surface area (Å²) in [6.07, 6.45) is 0. The van der Waals surface area contributed by atoms with Gasteiger partial charge in [0, 0.05) is 50.4 Å². The van der Waals surface area contributed by atoms with Gasteiger partial charge in [0.05, 0.1) is 11.4 Å². The molecule has 0 radical (unpaired) electrons. The molecule has 538 valence electrons. The molecule has 0 saturated heterocycles. The summed E-state index contributed by atoms with van der Waals surface area (Å²) in [6, 6.07) is 107. The molecule has 2 heterocycles. The van der Waals surface area contributed by atoms with E-state index in [0.717, 1.165) is 61.9 Å². The van der Waals surface area contributed by atoms with Crippen molar-refractivity contribution in [2.75, 3.05) is 9.80 Å². The molecule has 0 saturated carbocycles. The molecule has 13 aromatic carbocycles. The van der Waals surface area contributed by atoms with Crippen molar-refractivity contribution < 1.29 is 0 Å². The van der Waals surface area contributed by atoms with Crippen molar-refractivity contribution in [3.05, 3.63) is 317 Å². The van der Waals surface area contributed by atoms with Crippen molar-refractivity contribution in [3.8, 4) is 89.0 Å². The largest absolute Gasteiger partial charge is 0.310 e. The summed E-state index contributed by atoms with van der Waals surface area (Å²) in [6.45, 7) is 47.2. The van der Waals surface area contributed by atoms with Crippen LogP contribution in [0.5, 0.6) is 0 Å². The molecule has 0 bridgehead atoms. The van der Waals surface area contributed by atoms with Gasteiger partial charge >= 0.3 is 0 Å². The third-order valence-corrected chi connectivity index (χ3v) is 23.7. The predicted octanol–water partition coefficient (Wildman–Crippen LogP) is 27.5. The fourth-order valence-electron chi connectivity index (χ4n) is 17.3. The molecule has 1 aliphatic carbocycles. The number of anilines is 6. The zero-order valence-corrected chi connectivity index (χ0v) is 67.5. The summed E-state index contributed by atoms with van der Waals surface area (Å²) in [7, 11) is 0. The Morgan fingerprint density at radius 3 is 0.870 bits per heavy atom. The summed E-state index contributed by atoms with van der Waals surface area (Å²) in [4.78, 5) is 5.55. The highest BCUT2D eigenvalue weighted by Gasteiger charge is 2.47. The normalized spacial score (nSPS) is 13.9. The molecule has 2 aliphatic heterocycles. The van der Waals surface area contributed by atoms with Crippen molar-refractivity contribution in [1.29, 1.82) is 0 Å². The molecule has 0 aromatic heterocycles. The Kier molecular flexibility index (Phi) is 17.2. The lowest BCUT2D eigenvalue weighted by Crippen LogP contribution is -2.61. The highest BCUT2D eigenvalue weighted by Crippen LogP contribution is 2.58. The summed E-state index contributed by atoms with van der Waals surface area (Å²) in [5.41, 5.74) is 39.3. The van der Waals surface area contributed by atoms with Gasteiger partial charge in [0.1, 0.15) is 0 Å². The second kappa shape index (κ2) is 25.9. The summed E-state index contributed by atoms with van der Waals surface area (Å²) in [5.74, 6) is 0. The molecule has 16 rings (SSSR count). The topological polar surface area (TPSA) is 6.48 Å². The van der Waals surface area contributed by atoms with Gasteiger partial charge in [-0.1, -0.05) is 363 Å². The zero-order valence-electron chi connectivity index (χ0n) is 67.5. The lowest BCUT2D eigenvalue weighted by molar-refractivity contribution is 0.568. The Morgan fingerprint density at radius 2 is 0.528 bits per heavy atom. The summed E-state index contributed by atoms with van der Waals surface area (Å²) < 4.78 is 0. The van der Waals surface area contributed by atoms with E-state index < -0.39 is 0 Å². The van der Waals surface area contributed by atoms with Crippen molar-refractivity contribution in [2.24, 2.45) is 0 Å². The Balaban J connectivity index is 1.14. The van der Waals surface area contributed by atoms with Crippen LogP contribution in [0.1, 0.15) is 183 Å². The van der Waals surface area contributed by atoms with E-state index in [4.69, 9.17) is 0 Å². The second-order valence-corrected chi connectivity index (χ2v) is 37.9. The van der Waals surface area contributed by atoms with E-state index in [1.165, 1.54) is 122 Å². The standard InChI is InChI=1S/C105H105BN2/c1-99(2,3)75-52-72(53-76(60-75)100(4,5)6)70-48-50-89-91(56-70)107(97-83(66-36-25-21-26-37-66)62-79(103(13,14)15)63-84(97)67-38-27-22-28-39-67)93-58-74(81-45-35-47-88-95(81)82-44-33-34-46-87(82)105(88,19)20)59-94-96(93)106(89)90-51-49-71(73-54-77(101(7,8)9)61-78(55-73)102(10,11)12)57-92(90)108(94)98-85(68-40-29-23-30-41-68)64-80(104(16,17)18)65-86(98)69-42-31-24-32-43-69/h21-65H,1-20H3. The highest BCUT2D eigenvalue weighted by atomic mass is 15.2. The van der Waals surface area contributed by atoms with Crippen LogP contribution in [-0.4, -0.2) is 6.71 Å². The smallest absolute Gasteiger partial charge is 0.252 e. The first-order valence-electron chi connectivity index (χ1n) is 39.3. The Hall–Kier alpha value is -10.5. The van der Waals surface area contributed by atoms with Crippen LogP contribution in [-0.2, 0) is 37.9 Å². The van der Waals surface area contributed by atoms with Crippen LogP contribution in [0.2, 0.25) is 0 Å². The summed E-state index contributed by atoms with van der Waals surface area (Å²) in [5, 5.41) is 0. The SMILES string of the molecule is CC(C)(C)c1cc(-c2ccc3c(c2)N(c2c(-c4ccccc4)cc(C(C)(C)C)cc2-c2ccccc2)c2cc(-c4cccc5c4-c4ccccc4C5(C)C)cc4c2B3c2ccc(-c3cc(C(C)(C)C)cc(C(C)(C)C)c3)cc2N4c2c(-c3ccccc3)cc(C(C)(C)C)cc2-c2ccccc2)cc(C(C)(C)C)c1. The van der Waals surface area contributed by atoms with Crippen LogP contribution in [0.25, 0.3) is 89.0 Å². The molecule has 3 heteroatoms. The maximum Gasteiger partial charge on any atom is 0.252 e. The van der Waals surface area contributed by atoms with E-state index in [0.29, 0.717) is 0 Å². The Labute approximate surface area is 645 Å². The van der Waals surface area contributed by atoms with Crippen molar-refractivity contribution in [3.63, 3.8) is 0 Å². The van der Waals surface area contributed by atoms with Crippen LogP contribution in [0.3, 0.4) is 0 Å². The first-order valence-corrected chi connectivity index (χ1v) is 39.3. The fourth-order valence-corrected chi connectivity index (χ4v) is 17.3. The molecule has 0 N–H and O–H groups in total. The molecule has 0 unspecified atom stereocenters. The number of hydrogen-bond donors (Lipinski definition) is 0. The Bertz CT molecular complexity index is 5210. The summed E-state index contributed by atoms with van der Waals surface area (Å²) >= 11 is 0. The van der Waals surface area contributed by atoms with Gasteiger partial charge in [0.25, 0.3) is 6.71 Å². The van der Waals surface area contributed by atoms with Gasteiger partial charge in [0.15, 0.2) is 0 Å². The first kappa shape index (κ1) is 71.8. The molecule has 0 spiro atoms. The van der Waals surface area contributed by atoms with E-state index in [2.05, 4.69) is 421 Å². The average molecular weight is 1410 g/mol. The van der Waals surface area contributed by atoms with Gasteiger partial charge in [-0.25, -0.2) is 0 Å². The van der Waals surface area contributed by atoms with Gasteiger partial charge in [0.2, 0.25) is 0 Å². The lowest BCUT2D eigenvalue weighted by atomic mass is 9.33. The lowest BCUT2D eigenvalue weighted by Gasteiger charge is -2.46. The minimum atomic E-state index is -0.250. The van der Waals surface area contributed by atoms with Crippen LogP contribution < -0.4 is 26.2 Å². The van der Waals surface area contributed by atoms with E-state index in [1.54, 1.807) is 0 Å². The van der Waals surface area contributed by atoms with Gasteiger partial charge in [-0.2, -0.15) is 0 Å². The highest BCUT2D eigenvalue weighted by molar-refractivity contribution is 7.00. The molecular formula is C105H105BN2. The van der Waals surface area contributed by atoms with Gasteiger partial charge in [-0.15, -0.1) is 0 Å². The predicted molar refractivity (Wildman–Crippen MR) is 468 cm³/mol. The van der Waals surface area contributed by atoms with E-state index in [9.17, 15) is 0 Å². The molecular weight excluding hydrogens is 1300 g/mol. The molecule has 13 aromatic rings. The number of benzene rings is 13. The zero-order chi connectivity index (χ0) is 76.1. The molecule has 3 aliphatic rings. The minimum Gasteiger partial charge on any atom is -0.310 e. The van der Waals surface area contributed by atoms with Crippen LogP contribution in [0, 0.1) is 0 Å². The molecule has 0 atom stereocenters.